The number of carbonyl (C=O) groups excluding carboxylic acids is 1. The highest BCUT2D eigenvalue weighted by Crippen LogP contribution is 2.24. The van der Waals surface area contributed by atoms with Crippen LogP contribution < -0.4 is 0 Å². The van der Waals surface area contributed by atoms with Crippen LogP contribution >= 0.6 is 0 Å². The average molecular weight is 432 g/mol. The van der Waals surface area contributed by atoms with E-state index in [2.05, 4.69) is 5.10 Å². The van der Waals surface area contributed by atoms with Crippen molar-refractivity contribution in [3.05, 3.63) is 71.1 Å². The Bertz CT molecular complexity index is 1180. The largest absolute Gasteiger partial charge is 0.340 e. The predicted octanol–water partition coefficient (Wildman–Crippen LogP) is 4.65. The first-order chi connectivity index (χ1) is 15.5. The third-order valence-corrected chi connectivity index (χ3v) is 5.89. The van der Waals surface area contributed by atoms with E-state index in [0.717, 1.165) is 23.1 Å². The summed E-state index contributed by atoms with van der Waals surface area (Å²) in [5, 5.41) is 12.2. The van der Waals surface area contributed by atoms with Crippen LogP contribution in [0.3, 0.4) is 0 Å². The van der Waals surface area contributed by atoms with Crippen LogP contribution in [-0.4, -0.2) is 44.9 Å². The Morgan fingerprint density at radius 2 is 1.84 bits per heavy atom. The number of hydrogen-bond acceptors (Lipinski definition) is 4. The van der Waals surface area contributed by atoms with E-state index in [1.54, 1.807) is 23.7 Å². The molecule has 1 aliphatic rings. The molecule has 4 rings (SSSR count). The van der Waals surface area contributed by atoms with Gasteiger partial charge in [-0.05, 0) is 56.0 Å². The highest BCUT2D eigenvalue weighted by atomic mass is 19.1. The van der Waals surface area contributed by atoms with Crippen molar-refractivity contribution in [2.45, 2.75) is 33.2 Å². The van der Waals surface area contributed by atoms with Crippen molar-refractivity contribution in [1.82, 2.24) is 19.7 Å². The molecular formula is C25H26FN5O. The zero-order valence-electron chi connectivity index (χ0n) is 18.3. The van der Waals surface area contributed by atoms with Crippen LogP contribution in [0, 0.1) is 18.2 Å². The minimum atomic E-state index is -0.277. The van der Waals surface area contributed by atoms with Gasteiger partial charge in [0.25, 0.3) is 0 Å². The molecule has 1 aromatic heterocycles. The summed E-state index contributed by atoms with van der Waals surface area (Å²) in [6.45, 7) is 5.00. The fraction of sp³-hybridized carbons (Fsp3) is 0.280. The quantitative estimate of drug-likeness (QED) is 0.598. The molecule has 3 aromatic rings. The standard InChI is InChI=1S/C25H26FN5O/c1-17-10-12-30(13-11-21(17)15-27)23(32)16-31-25(19-6-4-3-5-7-19)28-24(29-31)20-8-9-22(26)18(2)14-20/h3-9,14-15,27H,10-13,16H2,1-2H3. The minimum absolute atomic E-state index is 0.0343. The average Bonchev–Trinajstić information content (AvgIpc) is 3.12. The fourth-order valence-electron chi connectivity index (χ4n) is 3.88. The second kappa shape index (κ2) is 9.26. The molecule has 2 aromatic carbocycles. The normalized spacial score (nSPS) is 14.4. The molecule has 6 nitrogen and oxygen atoms in total. The molecule has 2 heterocycles. The molecule has 1 aliphatic heterocycles. The van der Waals surface area contributed by atoms with Gasteiger partial charge in [-0.2, -0.15) is 0 Å². The highest BCUT2D eigenvalue weighted by Gasteiger charge is 2.21. The number of aryl methyl sites for hydroxylation is 1. The molecule has 0 saturated carbocycles. The first-order valence-corrected chi connectivity index (χ1v) is 10.7. The van der Waals surface area contributed by atoms with Crippen molar-refractivity contribution < 1.29 is 9.18 Å². The number of amides is 1. The molecule has 0 bridgehead atoms. The summed E-state index contributed by atoms with van der Waals surface area (Å²) in [6.07, 6.45) is 2.84. The molecule has 164 valence electrons. The van der Waals surface area contributed by atoms with Crippen LogP contribution in [0.25, 0.3) is 22.8 Å². The summed E-state index contributed by atoms with van der Waals surface area (Å²) in [5.41, 5.74) is 4.25. The van der Waals surface area contributed by atoms with Gasteiger partial charge in [-0.1, -0.05) is 35.9 Å². The van der Waals surface area contributed by atoms with E-state index in [1.165, 1.54) is 12.3 Å². The maximum atomic E-state index is 13.7. The van der Waals surface area contributed by atoms with Crippen LogP contribution in [0.1, 0.15) is 25.3 Å². The summed E-state index contributed by atoms with van der Waals surface area (Å²) in [7, 11) is 0. The molecule has 0 radical (unpaired) electrons. The molecule has 0 atom stereocenters. The second-order valence-corrected chi connectivity index (χ2v) is 8.08. The minimum Gasteiger partial charge on any atom is -0.340 e. The van der Waals surface area contributed by atoms with Gasteiger partial charge in [-0.3, -0.25) is 4.79 Å². The van der Waals surface area contributed by atoms with Crippen molar-refractivity contribution in [3.63, 3.8) is 0 Å². The molecule has 1 N–H and O–H groups in total. The zero-order valence-corrected chi connectivity index (χ0v) is 18.3. The van der Waals surface area contributed by atoms with E-state index >= 15 is 0 Å². The van der Waals surface area contributed by atoms with Gasteiger partial charge in [0, 0.05) is 30.4 Å². The van der Waals surface area contributed by atoms with E-state index in [0.29, 0.717) is 42.3 Å². The van der Waals surface area contributed by atoms with Gasteiger partial charge in [0.1, 0.15) is 12.4 Å². The Balaban J connectivity index is 1.64. The van der Waals surface area contributed by atoms with Crippen molar-refractivity contribution in [1.29, 1.82) is 5.41 Å². The number of benzene rings is 2. The van der Waals surface area contributed by atoms with Crippen molar-refractivity contribution >= 4 is 12.1 Å². The van der Waals surface area contributed by atoms with E-state index < -0.39 is 0 Å². The molecule has 0 unspecified atom stereocenters. The van der Waals surface area contributed by atoms with Gasteiger partial charge in [0.2, 0.25) is 5.91 Å². The van der Waals surface area contributed by atoms with Crippen molar-refractivity contribution in [2.24, 2.45) is 0 Å². The summed E-state index contributed by atoms with van der Waals surface area (Å²) in [5.74, 6) is 0.744. The van der Waals surface area contributed by atoms with Crippen molar-refractivity contribution in [3.8, 4) is 22.8 Å². The number of halogens is 1. The number of hydrogen-bond donors (Lipinski definition) is 1. The number of carbonyl (C=O) groups is 1. The second-order valence-electron chi connectivity index (χ2n) is 8.08. The summed E-state index contributed by atoms with van der Waals surface area (Å²) in [4.78, 5) is 19.7. The topological polar surface area (TPSA) is 74.9 Å². The molecule has 1 amide bonds. The lowest BCUT2D eigenvalue weighted by atomic mass is 10.1. The molecule has 0 fully saturated rings. The maximum absolute atomic E-state index is 13.7. The van der Waals surface area contributed by atoms with Gasteiger partial charge in [0.15, 0.2) is 11.6 Å². The Morgan fingerprint density at radius 1 is 1.09 bits per heavy atom. The summed E-state index contributed by atoms with van der Waals surface area (Å²) in [6, 6.07) is 14.4. The number of aromatic nitrogens is 3. The maximum Gasteiger partial charge on any atom is 0.244 e. The third-order valence-electron chi connectivity index (χ3n) is 5.89. The van der Waals surface area contributed by atoms with Gasteiger partial charge in [-0.15, -0.1) is 5.10 Å². The lowest BCUT2D eigenvalue weighted by Gasteiger charge is -2.21. The Morgan fingerprint density at radius 3 is 2.56 bits per heavy atom. The fourth-order valence-corrected chi connectivity index (χ4v) is 3.88. The molecule has 7 heteroatoms. The molecule has 0 aliphatic carbocycles. The summed E-state index contributed by atoms with van der Waals surface area (Å²) >= 11 is 0. The number of nitrogens with zero attached hydrogens (tertiary/aromatic N) is 4. The van der Waals surface area contributed by atoms with E-state index in [1.807, 2.05) is 42.2 Å². The number of nitrogens with one attached hydrogen (secondary N) is 1. The number of rotatable bonds is 5. The van der Waals surface area contributed by atoms with Crippen molar-refractivity contribution in [2.75, 3.05) is 13.1 Å². The van der Waals surface area contributed by atoms with E-state index in [-0.39, 0.29) is 18.3 Å². The van der Waals surface area contributed by atoms with Crippen LogP contribution in [-0.2, 0) is 11.3 Å². The van der Waals surface area contributed by atoms with E-state index in [9.17, 15) is 9.18 Å². The predicted molar refractivity (Wildman–Crippen MR) is 123 cm³/mol. The molecule has 0 saturated heterocycles. The first kappa shape index (κ1) is 21.6. The Labute approximate surface area is 186 Å². The summed E-state index contributed by atoms with van der Waals surface area (Å²) < 4.78 is 15.4. The van der Waals surface area contributed by atoms with Gasteiger partial charge in [0.05, 0.1) is 0 Å². The first-order valence-electron chi connectivity index (χ1n) is 10.7. The van der Waals surface area contributed by atoms with Gasteiger partial charge < -0.3 is 10.3 Å². The smallest absolute Gasteiger partial charge is 0.244 e. The lowest BCUT2D eigenvalue weighted by Crippen LogP contribution is -2.35. The van der Waals surface area contributed by atoms with Crippen LogP contribution in [0.2, 0.25) is 0 Å². The van der Waals surface area contributed by atoms with Gasteiger partial charge >= 0.3 is 0 Å². The molecule has 0 spiro atoms. The lowest BCUT2D eigenvalue weighted by molar-refractivity contribution is -0.131. The molecule has 32 heavy (non-hydrogen) atoms. The van der Waals surface area contributed by atoms with Crippen LogP contribution in [0.15, 0.2) is 59.7 Å². The van der Waals surface area contributed by atoms with E-state index in [4.69, 9.17) is 10.4 Å². The van der Waals surface area contributed by atoms with Crippen LogP contribution in [0.5, 0.6) is 0 Å². The SMILES string of the molecule is CC1=C(C=N)CCN(C(=O)Cn2nc(-c3ccc(F)c(C)c3)nc2-c2ccccc2)CC1. The van der Waals surface area contributed by atoms with Gasteiger partial charge in [-0.25, -0.2) is 14.1 Å². The zero-order chi connectivity index (χ0) is 22.7. The molecular weight excluding hydrogens is 405 g/mol. The highest BCUT2D eigenvalue weighted by molar-refractivity contribution is 5.79. The van der Waals surface area contributed by atoms with Crippen LogP contribution in [0.4, 0.5) is 4.39 Å². The third kappa shape index (κ3) is 4.51. The monoisotopic (exact) mass is 431 g/mol. The Kier molecular flexibility index (Phi) is 6.25. The Hall–Kier alpha value is -3.61.